The van der Waals surface area contributed by atoms with Gasteiger partial charge in [0.15, 0.2) is 0 Å². The van der Waals surface area contributed by atoms with Crippen LogP contribution in [0.1, 0.15) is 36.6 Å². The van der Waals surface area contributed by atoms with Crippen LogP contribution in [0.4, 0.5) is 0 Å². The third kappa shape index (κ3) is 4.58. The number of ether oxygens (including phenoxy) is 2. The molecule has 1 N–H and O–H groups in total. The summed E-state index contributed by atoms with van der Waals surface area (Å²) in [4.78, 5) is 17.8. The zero-order valence-electron chi connectivity index (χ0n) is 19.2. The molecule has 7 nitrogen and oxygen atoms in total. The van der Waals surface area contributed by atoms with Crippen molar-refractivity contribution in [2.45, 2.75) is 50.0 Å². The standard InChI is InChI=1S/C25H28N2O5S/c1-16-8-11-22(32-18(3)15-31-4)20(14-16)25(12-13-25)24(28)27-33(29,30)23-7-5-6-21-19(23)10-9-17(2)26-21/h5-11,14,18H,12-13,15H2,1-4H3,(H,27,28)/t18-/m1/s1. The van der Waals surface area contributed by atoms with Gasteiger partial charge in [-0.05, 0) is 63.9 Å². The Kier molecular flexibility index (Phi) is 6.16. The number of hydrogen-bond acceptors (Lipinski definition) is 6. The van der Waals surface area contributed by atoms with E-state index in [-0.39, 0.29) is 11.0 Å². The number of amides is 1. The number of pyridine rings is 1. The van der Waals surface area contributed by atoms with Gasteiger partial charge < -0.3 is 9.47 Å². The molecule has 0 bridgehead atoms. The van der Waals surface area contributed by atoms with Crippen molar-refractivity contribution in [3.8, 4) is 5.75 Å². The summed E-state index contributed by atoms with van der Waals surface area (Å²) in [5, 5.41) is 0.473. The van der Waals surface area contributed by atoms with Crippen LogP contribution in [0, 0.1) is 13.8 Å². The van der Waals surface area contributed by atoms with E-state index in [0.717, 1.165) is 11.3 Å². The molecule has 0 radical (unpaired) electrons. The molecule has 2 aromatic carbocycles. The van der Waals surface area contributed by atoms with Crippen LogP contribution in [-0.2, 0) is 25.0 Å². The minimum Gasteiger partial charge on any atom is -0.488 e. The Morgan fingerprint density at radius 3 is 2.61 bits per heavy atom. The number of methoxy groups -OCH3 is 1. The van der Waals surface area contributed by atoms with Crippen LogP contribution in [-0.4, -0.2) is 39.1 Å². The first-order chi connectivity index (χ1) is 15.7. The number of rotatable bonds is 8. The summed E-state index contributed by atoms with van der Waals surface area (Å²) in [5.41, 5.74) is 2.07. The molecular weight excluding hydrogens is 440 g/mol. The second kappa shape index (κ2) is 8.76. The quantitative estimate of drug-likeness (QED) is 0.540. The van der Waals surface area contributed by atoms with Gasteiger partial charge in [-0.2, -0.15) is 0 Å². The molecule has 0 aliphatic heterocycles. The highest BCUT2D eigenvalue weighted by molar-refractivity contribution is 7.90. The molecule has 1 atom stereocenters. The number of aryl methyl sites for hydroxylation is 2. The van der Waals surface area contributed by atoms with E-state index in [4.69, 9.17) is 9.47 Å². The van der Waals surface area contributed by atoms with Crippen LogP contribution in [0.5, 0.6) is 5.75 Å². The lowest BCUT2D eigenvalue weighted by molar-refractivity contribution is -0.121. The van der Waals surface area contributed by atoms with Crippen molar-refractivity contribution in [1.29, 1.82) is 0 Å². The van der Waals surface area contributed by atoms with Crippen molar-refractivity contribution >= 4 is 26.8 Å². The third-order valence-corrected chi connectivity index (χ3v) is 7.30. The van der Waals surface area contributed by atoms with Crippen molar-refractivity contribution in [1.82, 2.24) is 9.71 Å². The Labute approximate surface area is 194 Å². The van der Waals surface area contributed by atoms with Crippen LogP contribution in [0.3, 0.4) is 0 Å². The average molecular weight is 469 g/mol. The maximum absolute atomic E-state index is 13.4. The zero-order chi connectivity index (χ0) is 23.8. The summed E-state index contributed by atoms with van der Waals surface area (Å²) in [6.45, 7) is 6.05. The van der Waals surface area contributed by atoms with E-state index in [1.165, 1.54) is 6.07 Å². The van der Waals surface area contributed by atoms with Gasteiger partial charge in [0.05, 0.1) is 22.4 Å². The first kappa shape index (κ1) is 23.2. The lowest BCUT2D eigenvalue weighted by Gasteiger charge is -2.22. The highest BCUT2D eigenvalue weighted by Gasteiger charge is 2.54. The number of hydrogen-bond donors (Lipinski definition) is 1. The molecule has 1 aliphatic rings. The Morgan fingerprint density at radius 2 is 1.91 bits per heavy atom. The predicted molar refractivity (Wildman–Crippen MR) is 126 cm³/mol. The van der Waals surface area contributed by atoms with Gasteiger partial charge in [0, 0.05) is 23.8 Å². The molecule has 1 heterocycles. The second-order valence-electron chi connectivity index (χ2n) is 8.68. The fourth-order valence-corrected chi connectivity index (χ4v) is 5.36. The molecular formula is C25H28N2O5S. The van der Waals surface area contributed by atoms with Gasteiger partial charge in [0.2, 0.25) is 5.91 Å². The first-order valence-corrected chi connectivity index (χ1v) is 12.3. The molecule has 1 aromatic heterocycles. The van der Waals surface area contributed by atoms with E-state index >= 15 is 0 Å². The maximum Gasteiger partial charge on any atom is 0.264 e. The van der Waals surface area contributed by atoms with E-state index < -0.39 is 21.3 Å². The van der Waals surface area contributed by atoms with Gasteiger partial charge in [0.1, 0.15) is 11.9 Å². The van der Waals surface area contributed by atoms with E-state index in [9.17, 15) is 13.2 Å². The minimum absolute atomic E-state index is 0.0334. The minimum atomic E-state index is -4.11. The fraction of sp³-hybridized carbons (Fsp3) is 0.360. The Hall–Kier alpha value is -2.97. The lowest BCUT2D eigenvalue weighted by atomic mass is 9.93. The van der Waals surface area contributed by atoms with Gasteiger partial charge in [0.25, 0.3) is 10.0 Å². The smallest absolute Gasteiger partial charge is 0.264 e. The number of benzene rings is 2. The van der Waals surface area contributed by atoms with Gasteiger partial charge in [-0.3, -0.25) is 9.78 Å². The molecule has 3 aromatic rings. The van der Waals surface area contributed by atoms with Gasteiger partial charge in [-0.1, -0.05) is 23.8 Å². The van der Waals surface area contributed by atoms with Crippen LogP contribution in [0.2, 0.25) is 0 Å². The molecule has 1 fully saturated rings. The Morgan fingerprint density at radius 1 is 1.15 bits per heavy atom. The summed E-state index contributed by atoms with van der Waals surface area (Å²) in [5.74, 6) is 0.0226. The molecule has 1 amide bonds. The van der Waals surface area contributed by atoms with Crippen molar-refractivity contribution in [3.63, 3.8) is 0 Å². The molecule has 0 saturated heterocycles. The summed E-state index contributed by atoms with van der Waals surface area (Å²) >= 11 is 0. The molecule has 8 heteroatoms. The second-order valence-corrected chi connectivity index (χ2v) is 10.3. The van der Waals surface area contributed by atoms with E-state index in [1.54, 1.807) is 31.4 Å². The van der Waals surface area contributed by atoms with Crippen molar-refractivity contribution in [3.05, 3.63) is 65.4 Å². The van der Waals surface area contributed by atoms with Crippen LogP contribution >= 0.6 is 0 Å². The predicted octanol–water partition coefficient (Wildman–Crippen LogP) is 3.80. The first-order valence-electron chi connectivity index (χ1n) is 10.9. The highest BCUT2D eigenvalue weighted by Crippen LogP contribution is 2.52. The van der Waals surface area contributed by atoms with Gasteiger partial charge in [-0.15, -0.1) is 0 Å². The number of nitrogens with zero attached hydrogens (tertiary/aromatic N) is 1. The van der Waals surface area contributed by atoms with Crippen molar-refractivity contribution in [2.24, 2.45) is 0 Å². The molecule has 0 spiro atoms. The molecule has 0 unspecified atom stereocenters. The molecule has 4 rings (SSSR count). The molecule has 174 valence electrons. The van der Waals surface area contributed by atoms with Crippen LogP contribution in [0.15, 0.2) is 53.4 Å². The van der Waals surface area contributed by atoms with Crippen LogP contribution in [0.25, 0.3) is 10.9 Å². The maximum atomic E-state index is 13.4. The van der Waals surface area contributed by atoms with Crippen molar-refractivity contribution in [2.75, 3.05) is 13.7 Å². The van der Waals surface area contributed by atoms with Crippen LogP contribution < -0.4 is 9.46 Å². The Balaban J connectivity index is 1.67. The topological polar surface area (TPSA) is 94.6 Å². The van der Waals surface area contributed by atoms with Crippen molar-refractivity contribution < 1.29 is 22.7 Å². The normalized spacial score (nSPS) is 15.8. The summed E-state index contributed by atoms with van der Waals surface area (Å²) in [6, 6.07) is 14.0. The summed E-state index contributed by atoms with van der Waals surface area (Å²) < 4.78 is 40.0. The number of sulfonamides is 1. The zero-order valence-corrected chi connectivity index (χ0v) is 20.0. The monoisotopic (exact) mass is 468 g/mol. The number of carbonyl (C=O) groups excluding carboxylic acids is 1. The summed E-state index contributed by atoms with van der Waals surface area (Å²) in [6.07, 6.45) is 0.873. The number of aromatic nitrogens is 1. The molecule has 1 saturated carbocycles. The summed E-state index contributed by atoms with van der Waals surface area (Å²) in [7, 11) is -2.51. The van der Waals surface area contributed by atoms with Gasteiger partial charge in [-0.25, -0.2) is 13.1 Å². The third-order valence-electron chi connectivity index (χ3n) is 5.91. The number of carbonyl (C=O) groups is 1. The SMILES string of the molecule is COC[C@@H](C)Oc1ccc(C)cc1C1(C(=O)NS(=O)(=O)c2cccc3nc(C)ccc23)CC1. The van der Waals surface area contributed by atoms with E-state index in [0.29, 0.717) is 41.7 Å². The fourth-order valence-electron chi connectivity index (χ4n) is 4.09. The molecule has 33 heavy (non-hydrogen) atoms. The number of nitrogens with one attached hydrogen (secondary N) is 1. The van der Waals surface area contributed by atoms with Gasteiger partial charge >= 0.3 is 0 Å². The largest absolute Gasteiger partial charge is 0.488 e. The lowest BCUT2D eigenvalue weighted by Crippen LogP contribution is -2.39. The Bertz CT molecular complexity index is 1320. The molecule has 1 aliphatic carbocycles. The average Bonchev–Trinajstić information content (AvgIpc) is 3.56. The van der Waals surface area contributed by atoms with E-state index in [2.05, 4.69) is 9.71 Å². The number of fused-ring (bicyclic) bond motifs is 1. The van der Waals surface area contributed by atoms with E-state index in [1.807, 2.05) is 39.0 Å². The highest BCUT2D eigenvalue weighted by atomic mass is 32.2.